The Hall–Kier alpha value is -1.29. The van der Waals surface area contributed by atoms with Gasteiger partial charge in [0.05, 0.1) is 21.8 Å². The zero-order chi connectivity index (χ0) is 10.7. The van der Waals surface area contributed by atoms with Crippen molar-refractivity contribution in [2.24, 2.45) is 5.73 Å². The third-order valence-corrected chi connectivity index (χ3v) is 2.76. The van der Waals surface area contributed by atoms with Crippen LogP contribution >= 0.6 is 22.6 Å². The van der Waals surface area contributed by atoms with Gasteiger partial charge in [-0.3, -0.25) is 4.79 Å². The highest BCUT2D eigenvalue weighted by molar-refractivity contribution is 14.1. The number of benzene rings is 1. The van der Waals surface area contributed by atoms with Gasteiger partial charge >= 0.3 is 0 Å². The van der Waals surface area contributed by atoms with E-state index in [9.17, 15) is 4.79 Å². The maximum Gasteiger partial charge on any atom is 0.252 e. The Kier molecular flexibility index (Phi) is 3.30. The zero-order valence-electron chi connectivity index (χ0n) is 7.37. The Bertz CT molecular complexity index is 424. The van der Waals surface area contributed by atoms with Crippen LogP contribution in [0.4, 0.5) is 0 Å². The highest BCUT2D eigenvalue weighted by Gasteiger charge is 2.14. The van der Waals surface area contributed by atoms with Gasteiger partial charge in [0.25, 0.3) is 5.91 Å². The van der Waals surface area contributed by atoms with Crippen molar-refractivity contribution in [3.63, 3.8) is 0 Å². The van der Waals surface area contributed by atoms with Crippen molar-refractivity contribution in [1.29, 1.82) is 5.26 Å². The molecular formula is C9H7IN2O2. The number of hydrogen-bond acceptors (Lipinski definition) is 3. The van der Waals surface area contributed by atoms with Crippen LogP contribution in [0.5, 0.6) is 5.75 Å². The number of nitriles is 1. The van der Waals surface area contributed by atoms with E-state index in [0.717, 1.165) is 0 Å². The average Bonchev–Trinajstić information content (AvgIpc) is 2.17. The second-order valence-electron chi connectivity index (χ2n) is 2.48. The summed E-state index contributed by atoms with van der Waals surface area (Å²) < 4.78 is 5.62. The Morgan fingerprint density at radius 2 is 2.29 bits per heavy atom. The SMILES string of the molecule is COc1c(C(N)=O)ccc(C#N)c1I. The summed E-state index contributed by atoms with van der Waals surface area (Å²) in [7, 11) is 1.44. The van der Waals surface area contributed by atoms with Crippen LogP contribution in [0.1, 0.15) is 15.9 Å². The van der Waals surface area contributed by atoms with Crippen molar-refractivity contribution in [3.05, 3.63) is 26.8 Å². The van der Waals surface area contributed by atoms with Gasteiger partial charge < -0.3 is 10.5 Å². The van der Waals surface area contributed by atoms with Crippen LogP contribution in [0.2, 0.25) is 0 Å². The number of primary amides is 1. The van der Waals surface area contributed by atoms with E-state index in [1.54, 1.807) is 6.07 Å². The van der Waals surface area contributed by atoms with E-state index in [0.29, 0.717) is 14.9 Å². The number of nitrogens with two attached hydrogens (primary N) is 1. The molecule has 0 atom stereocenters. The lowest BCUT2D eigenvalue weighted by atomic mass is 10.1. The highest BCUT2D eigenvalue weighted by atomic mass is 127. The number of ether oxygens (including phenoxy) is 1. The van der Waals surface area contributed by atoms with Crippen molar-refractivity contribution >= 4 is 28.5 Å². The molecule has 0 aliphatic carbocycles. The van der Waals surface area contributed by atoms with Gasteiger partial charge in [-0.25, -0.2) is 0 Å². The molecule has 1 aromatic rings. The molecule has 0 fully saturated rings. The van der Waals surface area contributed by atoms with Gasteiger partial charge in [-0.1, -0.05) is 0 Å². The fourth-order valence-electron chi connectivity index (χ4n) is 1.04. The quantitative estimate of drug-likeness (QED) is 0.836. The summed E-state index contributed by atoms with van der Waals surface area (Å²) in [4.78, 5) is 11.0. The van der Waals surface area contributed by atoms with E-state index >= 15 is 0 Å². The van der Waals surface area contributed by atoms with Crippen LogP contribution in [0.15, 0.2) is 12.1 Å². The molecule has 0 aliphatic heterocycles. The minimum atomic E-state index is -0.566. The van der Waals surface area contributed by atoms with Gasteiger partial charge in [-0.2, -0.15) is 5.26 Å². The number of nitrogens with zero attached hydrogens (tertiary/aromatic N) is 1. The molecule has 0 spiro atoms. The van der Waals surface area contributed by atoms with Crippen molar-refractivity contribution in [2.45, 2.75) is 0 Å². The molecule has 0 heterocycles. The number of halogens is 1. The van der Waals surface area contributed by atoms with E-state index in [1.165, 1.54) is 13.2 Å². The van der Waals surface area contributed by atoms with Gasteiger partial charge in [0, 0.05) is 0 Å². The summed E-state index contributed by atoms with van der Waals surface area (Å²) in [5.74, 6) is -0.207. The van der Waals surface area contributed by atoms with Gasteiger partial charge in [0.2, 0.25) is 0 Å². The Morgan fingerprint density at radius 3 is 2.71 bits per heavy atom. The third kappa shape index (κ3) is 1.80. The first-order chi connectivity index (χ1) is 6.61. The number of carbonyl (C=O) groups excluding carboxylic acids is 1. The first-order valence-corrected chi connectivity index (χ1v) is 4.76. The predicted octanol–water partition coefficient (Wildman–Crippen LogP) is 1.27. The van der Waals surface area contributed by atoms with Gasteiger partial charge in [-0.05, 0) is 34.7 Å². The normalized spacial score (nSPS) is 9.21. The molecule has 0 bridgehead atoms. The Morgan fingerprint density at radius 1 is 1.64 bits per heavy atom. The van der Waals surface area contributed by atoms with E-state index in [2.05, 4.69) is 0 Å². The number of methoxy groups -OCH3 is 1. The maximum atomic E-state index is 11.0. The molecule has 14 heavy (non-hydrogen) atoms. The number of amides is 1. The number of carbonyl (C=O) groups is 1. The molecule has 4 nitrogen and oxygen atoms in total. The second-order valence-corrected chi connectivity index (χ2v) is 3.56. The smallest absolute Gasteiger partial charge is 0.252 e. The molecule has 5 heteroatoms. The van der Waals surface area contributed by atoms with Crippen LogP contribution in [-0.2, 0) is 0 Å². The molecule has 2 N–H and O–H groups in total. The molecule has 0 saturated carbocycles. The van der Waals surface area contributed by atoms with Gasteiger partial charge in [0.15, 0.2) is 0 Å². The summed E-state index contributed by atoms with van der Waals surface area (Å²) in [6.45, 7) is 0. The van der Waals surface area contributed by atoms with Gasteiger partial charge in [0.1, 0.15) is 11.8 Å². The summed E-state index contributed by atoms with van der Waals surface area (Å²) in [6, 6.07) is 5.03. The number of hydrogen-bond donors (Lipinski definition) is 1. The molecule has 0 radical (unpaired) electrons. The fraction of sp³-hybridized carbons (Fsp3) is 0.111. The zero-order valence-corrected chi connectivity index (χ0v) is 9.53. The molecule has 1 aromatic carbocycles. The van der Waals surface area contributed by atoms with Crippen molar-refractivity contribution in [1.82, 2.24) is 0 Å². The first-order valence-electron chi connectivity index (χ1n) is 3.68. The molecule has 1 rings (SSSR count). The predicted molar refractivity (Wildman–Crippen MR) is 58.9 cm³/mol. The topological polar surface area (TPSA) is 76.1 Å². The standard InChI is InChI=1S/C9H7IN2O2/c1-14-8-6(9(12)13)3-2-5(4-11)7(8)10/h2-3H,1H3,(H2,12,13). The average molecular weight is 302 g/mol. The van der Waals surface area contributed by atoms with Crippen LogP contribution in [-0.4, -0.2) is 13.0 Å². The van der Waals surface area contributed by atoms with Crippen LogP contribution in [0.25, 0.3) is 0 Å². The molecule has 1 amide bonds. The van der Waals surface area contributed by atoms with Crippen molar-refractivity contribution < 1.29 is 9.53 Å². The molecule has 0 saturated heterocycles. The molecule has 0 aliphatic rings. The first kappa shape index (κ1) is 10.8. The molecule has 0 aromatic heterocycles. The third-order valence-electron chi connectivity index (χ3n) is 1.69. The highest BCUT2D eigenvalue weighted by Crippen LogP contribution is 2.27. The van der Waals surface area contributed by atoms with Crippen LogP contribution < -0.4 is 10.5 Å². The monoisotopic (exact) mass is 302 g/mol. The molecular weight excluding hydrogens is 295 g/mol. The summed E-state index contributed by atoms with van der Waals surface area (Å²) in [5, 5.41) is 8.74. The van der Waals surface area contributed by atoms with Crippen LogP contribution in [0, 0.1) is 14.9 Å². The Labute approximate surface area is 94.8 Å². The largest absolute Gasteiger partial charge is 0.495 e. The van der Waals surface area contributed by atoms with Crippen molar-refractivity contribution in [3.8, 4) is 11.8 Å². The minimum absolute atomic E-state index is 0.288. The lowest BCUT2D eigenvalue weighted by Crippen LogP contribution is -2.13. The summed E-state index contributed by atoms with van der Waals surface area (Å²) in [5.41, 5.74) is 5.90. The van der Waals surface area contributed by atoms with Gasteiger partial charge in [-0.15, -0.1) is 0 Å². The van der Waals surface area contributed by atoms with E-state index < -0.39 is 5.91 Å². The Balaban J connectivity index is 3.45. The van der Waals surface area contributed by atoms with Crippen LogP contribution in [0.3, 0.4) is 0 Å². The van der Waals surface area contributed by atoms with E-state index in [4.69, 9.17) is 15.7 Å². The second kappa shape index (κ2) is 4.28. The van der Waals surface area contributed by atoms with E-state index in [-0.39, 0.29) is 5.56 Å². The van der Waals surface area contributed by atoms with E-state index in [1.807, 2.05) is 28.7 Å². The molecule has 72 valence electrons. The number of rotatable bonds is 2. The molecule has 0 unspecified atom stereocenters. The lowest BCUT2D eigenvalue weighted by Gasteiger charge is -2.08. The summed E-state index contributed by atoms with van der Waals surface area (Å²) in [6.07, 6.45) is 0. The summed E-state index contributed by atoms with van der Waals surface area (Å²) >= 11 is 1.94. The lowest BCUT2D eigenvalue weighted by molar-refractivity contribution is 0.0997. The maximum absolute atomic E-state index is 11.0. The minimum Gasteiger partial charge on any atom is -0.495 e. The van der Waals surface area contributed by atoms with Crippen molar-refractivity contribution in [2.75, 3.05) is 7.11 Å². The fourth-order valence-corrected chi connectivity index (χ4v) is 1.85.